The number of ether oxygens (including phenoxy) is 3. The second-order valence-corrected chi connectivity index (χ2v) is 11.4. The molecule has 1 spiro atoms. The summed E-state index contributed by atoms with van der Waals surface area (Å²) in [6.07, 6.45) is 1.67. The third kappa shape index (κ3) is 5.06. The minimum atomic E-state index is -1.14. The van der Waals surface area contributed by atoms with Gasteiger partial charge in [-0.1, -0.05) is 44.2 Å². The van der Waals surface area contributed by atoms with Crippen LogP contribution in [-0.2, 0) is 44.8 Å². The maximum Gasteiger partial charge on any atom is 0.326 e. The Morgan fingerprint density at radius 2 is 1.84 bits per heavy atom. The lowest BCUT2D eigenvalue weighted by molar-refractivity contribution is -0.576. The number of nitrogens with one attached hydrogen (secondary N) is 1. The normalized spacial score (nSPS) is 38.4. The Bertz CT molecular complexity index is 1050. The molecule has 10 nitrogen and oxygen atoms in total. The Labute approximate surface area is 222 Å². The van der Waals surface area contributed by atoms with E-state index in [9.17, 15) is 19.5 Å². The number of aliphatic carboxylic acids is 1. The molecule has 38 heavy (non-hydrogen) atoms. The van der Waals surface area contributed by atoms with Gasteiger partial charge in [0.15, 0.2) is 11.9 Å². The Kier molecular flexibility index (Phi) is 7.52. The lowest BCUT2D eigenvalue weighted by Crippen LogP contribution is -2.70. The van der Waals surface area contributed by atoms with Gasteiger partial charge in [0.2, 0.25) is 18.0 Å². The zero-order valence-corrected chi connectivity index (χ0v) is 22.1. The number of rotatable bonds is 8. The van der Waals surface area contributed by atoms with Crippen LogP contribution in [0.15, 0.2) is 30.3 Å². The molecule has 2 N–H and O–H groups in total. The van der Waals surface area contributed by atoms with E-state index in [2.05, 4.69) is 12.2 Å². The van der Waals surface area contributed by atoms with Gasteiger partial charge in [0.05, 0.1) is 6.42 Å². The topological polar surface area (TPSA) is 130 Å². The molecule has 1 saturated carbocycles. The molecule has 9 atom stereocenters. The minimum Gasteiger partial charge on any atom is -0.480 e. The van der Waals surface area contributed by atoms with Crippen LogP contribution < -0.4 is 5.32 Å². The van der Waals surface area contributed by atoms with Crippen molar-refractivity contribution in [1.29, 1.82) is 0 Å². The van der Waals surface area contributed by atoms with Crippen LogP contribution in [0.1, 0.15) is 64.9 Å². The molecule has 0 unspecified atom stereocenters. The van der Waals surface area contributed by atoms with E-state index in [1.807, 2.05) is 19.9 Å². The highest BCUT2D eigenvalue weighted by molar-refractivity contribution is 5.86. The third-order valence-corrected chi connectivity index (χ3v) is 8.82. The Morgan fingerprint density at radius 1 is 1.08 bits per heavy atom. The SMILES string of the molecule is C[C@H]1[C@H](OC(=O)CCC(=O)N[C@H](Cc2ccccc2)C(=O)O)O[C@@H]2O[C@@]3(C)CC[C@H]4[C@H](C)CC[C@@H]1[C@@]24OO3. The van der Waals surface area contributed by atoms with Gasteiger partial charge in [-0.3, -0.25) is 9.59 Å². The number of hydrogen-bond donors (Lipinski definition) is 2. The maximum absolute atomic E-state index is 12.8. The minimum absolute atomic E-state index is 0.0144. The highest BCUT2D eigenvalue weighted by Crippen LogP contribution is 2.60. The quantitative estimate of drug-likeness (QED) is 0.383. The molecule has 5 fully saturated rings. The first kappa shape index (κ1) is 27.1. The summed E-state index contributed by atoms with van der Waals surface area (Å²) in [6.45, 7) is 6.05. The van der Waals surface area contributed by atoms with Gasteiger partial charge in [-0.05, 0) is 43.6 Å². The van der Waals surface area contributed by atoms with Gasteiger partial charge < -0.3 is 24.6 Å². The van der Waals surface area contributed by atoms with Crippen LogP contribution in [0.2, 0.25) is 0 Å². The van der Waals surface area contributed by atoms with Crippen molar-refractivity contribution < 1.29 is 43.5 Å². The summed E-state index contributed by atoms with van der Waals surface area (Å²) in [4.78, 5) is 48.8. The Hall–Kier alpha value is -2.53. The van der Waals surface area contributed by atoms with E-state index in [0.29, 0.717) is 12.3 Å². The van der Waals surface area contributed by atoms with Gasteiger partial charge in [0.1, 0.15) is 6.04 Å². The van der Waals surface area contributed by atoms with Crippen molar-refractivity contribution in [3.63, 3.8) is 0 Å². The molecule has 6 rings (SSSR count). The van der Waals surface area contributed by atoms with Crippen LogP contribution in [-0.4, -0.2) is 53.0 Å². The molecule has 1 aromatic carbocycles. The molecule has 2 bridgehead atoms. The molecule has 1 aliphatic carbocycles. The molecule has 0 aromatic heterocycles. The smallest absolute Gasteiger partial charge is 0.326 e. The number of amides is 1. The van der Waals surface area contributed by atoms with E-state index in [4.69, 9.17) is 24.0 Å². The molecular weight excluding hydrogens is 494 g/mol. The van der Waals surface area contributed by atoms with Gasteiger partial charge in [0, 0.05) is 31.1 Å². The van der Waals surface area contributed by atoms with Crippen molar-refractivity contribution in [2.24, 2.45) is 23.7 Å². The number of fused-ring (bicyclic) bond motifs is 2. The second-order valence-electron chi connectivity index (χ2n) is 11.4. The van der Waals surface area contributed by atoms with E-state index < -0.39 is 47.9 Å². The van der Waals surface area contributed by atoms with E-state index in [1.165, 1.54) is 0 Å². The van der Waals surface area contributed by atoms with Crippen molar-refractivity contribution in [3.8, 4) is 0 Å². The summed E-state index contributed by atoms with van der Waals surface area (Å²) < 4.78 is 18.2. The number of hydrogen-bond acceptors (Lipinski definition) is 8. The highest BCUT2D eigenvalue weighted by atomic mass is 17.3. The number of carboxylic acid groups (broad SMARTS) is 1. The number of benzene rings is 1. The standard InChI is InChI=1S/C28H37NO9/c1-16-9-10-20-17(2)25(35-26-28(20)19(16)13-14-27(3,36-26)37-38-28)34-23(31)12-11-22(30)29-21(24(32)33)15-18-7-5-4-6-8-18/h4-8,16-17,19-21,25-26H,9-15H2,1-3H3,(H,29,30)(H,32,33)/t16-,17-,19+,20+,21-,25-,26-,27-,28-/m1/s1. The zero-order valence-electron chi connectivity index (χ0n) is 22.1. The fourth-order valence-electron chi connectivity index (χ4n) is 6.73. The van der Waals surface area contributed by atoms with Crippen LogP contribution in [0.3, 0.4) is 0 Å². The number of carbonyl (C=O) groups excluding carboxylic acids is 2. The second kappa shape index (κ2) is 10.6. The fraction of sp³-hybridized carbons (Fsp3) is 0.679. The van der Waals surface area contributed by atoms with Gasteiger partial charge in [-0.15, -0.1) is 0 Å². The fourth-order valence-corrected chi connectivity index (χ4v) is 6.73. The summed E-state index contributed by atoms with van der Waals surface area (Å²) in [5.74, 6) is -2.72. The lowest BCUT2D eigenvalue weighted by atomic mass is 9.58. The lowest BCUT2D eigenvalue weighted by Gasteiger charge is -2.59. The molecule has 208 valence electrons. The summed E-state index contributed by atoms with van der Waals surface area (Å²) >= 11 is 0. The predicted octanol–water partition coefficient (Wildman–Crippen LogP) is 3.33. The molecule has 1 amide bonds. The molecule has 10 heteroatoms. The van der Waals surface area contributed by atoms with Crippen molar-refractivity contribution >= 4 is 17.8 Å². The first-order valence-electron chi connectivity index (χ1n) is 13.6. The average molecular weight is 532 g/mol. The van der Waals surface area contributed by atoms with Gasteiger partial charge >= 0.3 is 11.9 Å². The molecule has 4 aliphatic heterocycles. The first-order chi connectivity index (χ1) is 18.1. The predicted molar refractivity (Wildman–Crippen MR) is 132 cm³/mol. The van der Waals surface area contributed by atoms with Gasteiger partial charge in [0.25, 0.3) is 0 Å². The summed E-state index contributed by atoms with van der Waals surface area (Å²) in [7, 11) is 0. The number of carboxylic acids is 1. The number of carbonyl (C=O) groups is 3. The van der Waals surface area contributed by atoms with Crippen LogP contribution in [0.25, 0.3) is 0 Å². The van der Waals surface area contributed by atoms with Crippen molar-refractivity contribution in [1.82, 2.24) is 5.32 Å². The van der Waals surface area contributed by atoms with Crippen molar-refractivity contribution in [2.45, 2.75) is 95.7 Å². The van der Waals surface area contributed by atoms with Crippen molar-refractivity contribution in [3.05, 3.63) is 35.9 Å². The Balaban J connectivity index is 1.19. The Morgan fingerprint density at radius 3 is 2.58 bits per heavy atom. The van der Waals surface area contributed by atoms with E-state index in [-0.39, 0.29) is 37.0 Å². The summed E-state index contributed by atoms with van der Waals surface area (Å²) in [5, 5.41) is 12.0. The van der Waals surface area contributed by atoms with E-state index in [0.717, 1.165) is 24.8 Å². The van der Waals surface area contributed by atoms with E-state index >= 15 is 0 Å². The van der Waals surface area contributed by atoms with Crippen LogP contribution in [0.4, 0.5) is 0 Å². The first-order valence-corrected chi connectivity index (χ1v) is 13.6. The van der Waals surface area contributed by atoms with Gasteiger partial charge in [-0.25, -0.2) is 14.6 Å². The van der Waals surface area contributed by atoms with E-state index in [1.54, 1.807) is 24.3 Å². The summed E-state index contributed by atoms with van der Waals surface area (Å²) in [5.41, 5.74) is 0.0401. The molecular formula is C28H37NO9. The third-order valence-electron chi connectivity index (χ3n) is 8.82. The average Bonchev–Trinajstić information content (AvgIpc) is 3.12. The summed E-state index contributed by atoms with van der Waals surface area (Å²) in [6, 6.07) is 7.95. The van der Waals surface area contributed by atoms with Crippen LogP contribution in [0, 0.1) is 23.7 Å². The highest BCUT2D eigenvalue weighted by Gasteiger charge is 2.69. The monoisotopic (exact) mass is 531 g/mol. The molecule has 0 radical (unpaired) electrons. The van der Waals surface area contributed by atoms with Crippen LogP contribution >= 0.6 is 0 Å². The molecule has 4 saturated heterocycles. The zero-order chi connectivity index (χ0) is 27.1. The molecule has 5 aliphatic rings. The molecule has 1 aromatic rings. The van der Waals surface area contributed by atoms with Gasteiger partial charge in [-0.2, -0.15) is 0 Å². The number of esters is 1. The van der Waals surface area contributed by atoms with Crippen LogP contribution in [0.5, 0.6) is 0 Å². The van der Waals surface area contributed by atoms with Crippen molar-refractivity contribution in [2.75, 3.05) is 0 Å². The largest absolute Gasteiger partial charge is 0.480 e. The maximum atomic E-state index is 12.8. The molecule has 4 heterocycles.